The number of imide groups is 1. The molecule has 2 fully saturated rings. The molecular weight excluding hydrogens is 408 g/mol. The largest absolute Gasteiger partial charge is 0.445 e. The van der Waals surface area contributed by atoms with Crippen LogP contribution in [0.3, 0.4) is 0 Å². The number of carbonyl (C=O) groups excluding carboxylic acids is 3. The molecule has 32 heavy (non-hydrogen) atoms. The summed E-state index contributed by atoms with van der Waals surface area (Å²) < 4.78 is 11.0. The molecule has 3 amide bonds. The summed E-state index contributed by atoms with van der Waals surface area (Å²) in [5, 5.41) is 0. The highest BCUT2D eigenvalue weighted by Crippen LogP contribution is 2.33. The molecule has 7 nitrogen and oxygen atoms in total. The first-order chi connectivity index (χ1) is 15.5. The van der Waals surface area contributed by atoms with Gasteiger partial charge < -0.3 is 14.4 Å². The fourth-order valence-corrected chi connectivity index (χ4v) is 4.44. The van der Waals surface area contributed by atoms with Crippen molar-refractivity contribution >= 4 is 18.1 Å². The van der Waals surface area contributed by atoms with Crippen molar-refractivity contribution in [3.63, 3.8) is 0 Å². The predicted molar refractivity (Wildman–Crippen MR) is 118 cm³/mol. The Hall–Kier alpha value is -3.35. The highest BCUT2D eigenvalue weighted by molar-refractivity contribution is 5.94. The van der Waals surface area contributed by atoms with Crippen LogP contribution in [0.25, 0.3) is 0 Å². The molecule has 2 heterocycles. The summed E-state index contributed by atoms with van der Waals surface area (Å²) in [6.07, 6.45) is 1.01. The van der Waals surface area contributed by atoms with Crippen molar-refractivity contribution in [1.82, 2.24) is 9.80 Å². The zero-order chi connectivity index (χ0) is 22.5. The second-order valence-corrected chi connectivity index (χ2v) is 8.31. The summed E-state index contributed by atoms with van der Waals surface area (Å²) in [5.41, 5.74) is 1.76. The van der Waals surface area contributed by atoms with E-state index in [1.807, 2.05) is 67.6 Å². The van der Waals surface area contributed by atoms with Crippen LogP contribution in [0.2, 0.25) is 0 Å². The van der Waals surface area contributed by atoms with Crippen molar-refractivity contribution in [1.29, 1.82) is 0 Å². The summed E-state index contributed by atoms with van der Waals surface area (Å²) in [6, 6.07) is 18.2. The Bertz CT molecular complexity index is 949. The minimum absolute atomic E-state index is 0.0708. The van der Waals surface area contributed by atoms with Crippen molar-refractivity contribution < 1.29 is 23.9 Å². The molecule has 0 saturated carbocycles. The average molecular weight is 437 g/mol. The molecule has 4 rings (SSSR count). The fourth-order valence-electron chi connectivity index (χ4n) is 4.44. The number of ether oxygens (including phenoxy) is 2. The molecule has 2 aliphatic heterocycles. The predicted octanol–water partition coefficient (Wildman–Crippen LogP) is 4.68. The van der Waals surface area contributed by atoms with Gasteiger partial charge in [0, 0.05) is 19.0 Å². The van der Waals surface area contributed by atoms with Crippen molar-refractivity contribution in [3.8, 4) is 0 Å². The number of hydrogen-bond donors (Lipinski definition) is 0. The molecule has 2 saturated heterocycles. The molecule has 2 aromatic rings. The zero-order valence-electron chi connectivity index (χ0n) is 18.2. The van der Waals surface area contributed by atoms with Gasteiger partial charge in [-0.25, -0.2) is 14.5 Å². The van der Waals surface area contributed by atoms with E-state index in [1.54, 1.807) is 4.90 Å². The van der Waals surface area contributed by atoms with Gasteiger partial charge in [0.05, 0.1) is 6.04 Å². The van der Waals surface area contributed by atoms with Gasteiger partial charge in [0.25, 0.3) is 0 Å². The third-order valence-electron chi connectivity index (χ3n) is 6.14. The monoisotopic (exact) mass is 436 g/mol. The maximum Gasteiger partial charge on any atom is 0.417 e. The molecule has 7 heteroatoms. The van der Waals surface area contributed by atoms with E-state index >= 15 is 0 Å². The molecule has 2 aromatic carbocycles. The summed E-state index contributed by atoms with van der Waals surface area (Å²) in [4.78, 5) is 41.2. The lowest BCUT2D eigenvalue weighted by Gasteiger charge is -2.35. The van der Waals surface area contributed by atoms with Crippen LogP contribution in [0.5, 0.6) is 0 Å². The number of nitrogens with zero attached hydrogens (tertiary/aromatic N) is 2. The van der Waals surface area contributed by atoms with Crippen LogP contribution in [0.1, 0.15) is 49.8 Å². The third kappa shape index (κ3) is 4.77. The Kier molecular flexibility index (Phi) is 6.73. The van der Waals surface area contributed by atoms with Gasteiger partial charge in [0.1, 0.15) is 12.7 Å². The van der Waals surface area contributed by atoms with E-state index < -0.39 is 24.3 Å². The van der Waals surface area contributed by atoms with E-state index in [9.17, 15) is 14.4 Å². The van der Waals surface area contributed by atoms with E-state index in [0.717, 1.165) is 24.0 Å². The van der Waals surface area contributed by atoms with Gasteiger partial charge in [0.2, 0.25) is 5.91 Å². The van der Waals surface area contributed by atoms with Crippen LogP contribution >= 0.6 is 0 Å². The lowest BCUT2D eigenvalue weighted by Crippen LogP contribution is -2.48. The maximum absolute atomic E-state index is 13.1. The number of rotatable bonds is 5. The van der Waals surface area contributed by atoms with Crippen LogP contribution < -0.4 is 0 Å². The first kappa shape index (κ1) is 21.9. The van der Waals surface area contributed by atoms with Crippen LogP contribution in [-0.2, 0) is 20.9 Å². The molecule has 0 spiro atoms. The van der Waals surface area contributed by atoms with Gasteiger partial charge in [-0.1, -0.05) is 60.7 Å². The number of amides is 3. The first-order valence-corrected chi connectivity index (χ1v) is 11.1. The van der Waals surface area contributed by atoms with Gasteiger partial charge in [-0.3, -0.25) is 4.79 Å². The highest BCUT2D eigenvalue weighted by atomic mass is 16.6. The topological polar surface area (TPSA) is 76.2 Å². The number of piperidine rings is 1. The number of benzene rings is 2. The fraction of sp³-hybridized carbons (Fsp3) is 0.400. The van der Waals surface area contributed by atoms with Crippen LogP contribution in [-0.4, -0.2) is 46.5 Å². The Morgan fingerprint density at radius 2 is 1.72 bits per heavy atom. The van der Waals surface area contributed by atoms with Gasteiger partial charge in [0.15, 0.2) is 0 Å². The lowest BCUT2D eigenvalue weighted by atomic mass is 9.98. The molecule has 0 radical (unpaired) electrons. The van der Waals surface area contributed by atoms with Gasteiger partial charge in [-0.2, -0.15) is 0 Å². The molecule has 2 aliphatic rings. The second kappa shape index (κ2) is 9.85. The van der Waals surface area contributed by atoms with Gasteiger partial charge in [-0.05, 0) is 37.3 Å². The summed E-state index contributed by atoms with van der Waals surface area (Å²) in [5.74, 6) is -0.325. The van der Waals surface area contributed by atoms with E-state index in [-0.39, 0.29) is 25.0 Å². The third-order valence-corrected chi connectivity index (χ3v) is 6.14. The number of likely N-dealkylation sites (tertiary alicyclic amines) is 1. The van der Waals surface area contributed by atoms with Crippen LogP contribution in [0.15, 0.2) is 60.7 Å². The molecule has 0 unspecified atom stereocenters. The summed E-state index contributed by atoms with van der Waals surface area (Å²) >= 11 is 0. The van der Waals surface area contributed by atoms with Crippen LogP contribution in [0, 0.1) is 0 Å². The molecule has 0 bridgehead atoms. The Morgan fingerprint density at radius 3 is 2.44 bits per heavy atom. The lowest BCUT2D eigenvalue weighted by molar-refractivity contribution is -0.130. The number of carbonyl (C=O) groups is 3. The van der Waals surface area contributed by atoms with Gasteiger partial charge >= 0.3 is 12.2 Å². The van der Waals surface area contributed by atoms with Crippen LogP contribution in [0.4, 0.5) is 9.59 Å². The van der Waals surface area contributed by atoms with E-state index in [4.69, 9.17) is 9.47 Å². The normalized spacial score (nSPS) is 23.0. The Morgan fingerprint density at radius 1 is 1.03 bits per heavy atom. The maximum atomic E-state index is 13.1. The minimum atomic E-state index is -0.634. The zero-order valence-corrected chi connectivity index (χ0v) is 18.2. The van der Waals surface area contributed by atoms with Crippen molar-refractivity contribution in [2.24, 2.45) is 0 Å². The Labute approximate surface area is 187 Å². The molecular formula is C25H28N2O5. The second-order valence-electron chi connectivity index (χ2n) is 8.31. The number of hydrogen-bond acceptors (Lipinski definition) is 5. The van der Waals surface area contributed by atoms with E-state index in [2.05, 4.69) is 0 Å². The standard InChI is InChI=1S/C25H28N2O5/c1-18-23(20-12-6-3-7-13-20)32-25(30)27(18)22(28)16-21-14-8-9-15-26(21)24(29)31-17-19-10-4-2-5-11-19/h2-7,10-13,18,21,23H,8-9,14-17H2,1H3/t18-,21-,23-/m0/s1. The SMILES string of the molecule is C[C@H]1[C@@H](c2ccccc2)OC(=O)N1C(=O)C[C@@H]1CCCCN1C(=O)OCc1ccccc1. The smallest absolute Gasteiger partial charge is 0.417 e. The molecule has 0 aliphatic carbocycles. The first-order valence-electron chi connectivity index (χ1n) is 11.1. The minimum Gasteiger partial charge on any atom is -0.445 e. The average Bonchev–Trinajstić information content (AvgIpc) is 3.13. The van der Waals surface area contributed by atoms with Crippen molar-refractivity contribution in [3.05, 3.63) is 71.8 Å². The van der Waals surface area contributed by atoms with Crippen molar-refractivity contribution in [2.75, 3.05) is 6.54 Å². The van der Waals surface area contributed by atoms with E-state index in [0.29, 0.717) is 13.0 Å². The molecule has 3 atom stereocenters. The number of cyclic esters (lactones) is 1. The van der Waals surface area contributed by atoms with Gasteiger partial charge in [-0.15, -0.1) is 0 Å². The van der Waals surface area contributed by atoms with Crippen molar-refractivity contribution in [2.45, 2.75) is 57.4 Å². The summed E-state index contributed by atoms with van der Waals surface area (Å²) in [6.45, 7) is 2.54. The molecule has 168 valence electrons. The molecule has 0 aromatic heterocycles. The summed E-state index contributed by atoms with van der Waals surface area (Å²) in [7, 11) is 0. The quantitative estimate of drug-likeness (QED) is 0.680. The molecule has 0 N–H and O–H groups in total. The Balaban J connectivity index is 1.39. The van der Waals surface area contributed by atoms with E-state index in [1.165, 1.54) is 4.90 Å². The highest BCUT2D eigenvalue weighted by Gasteiger charge is 2.44.